The molecule has 0 heterocycles. The van der Waals surface area contributed by atoms with Gasteiger partial charge < -0.3 is 10.5 Å². The van der Waals surface area contributed by atoms with Gasteiger partial charge in [0, 0.05) is 0 Å². The minimum absolute atomic E-state index is 0.380. The molecule has 1 aliphatic carbocycles. The number of benzene rings is 1. The third-order valence-corrected chi connectivity index (χ3v) is 3.79. The summed E-state index contributed by atoms with van der Waals surface area (Å²) in [5.41, 5.74) is 8.40. The maximum absolute atomic E-state index is 5.99. The predicted molar refractivity (Wildman–Crippen MR) is 70.8 cm³/mol. The van der Waals surface area contributed by atoms with Gasteiger partial charge in [-0.2, -0.15) is 0 Å². The van der Waals surface area contributed by atoms with Crippen molar-refractivity contribution in [3.8, 4) is 0 Å². The average Bonchev–Trinajstić information content (AvgIpc) is 2.84. The molecule has 0 bridgehead atoms. The highest BCUT2D eigenvalue weighted by Crippen LogP contribution is 2.28. The summed E-state index contributed by atoms with van der Waals surface area (Å²) in [5.74, 6) is 0.574. The van der Waals surface area contributed by atoms with Crippen molar-refractivity contribution < 1.29 is 4.74 Å². The van der Waals surface area contributed by atoms with Crippen molar-refractivity contribution in [3.05, 3.63) is 35.4 Å². The van der Waals surface area contributed by atoms with E-state index < -0.39 is 0 Å². The van der Waals surface area contributed by atoms with Crippen LogP contribution in [0.2, 0.25) is 0 Å². The zero-order valence-corrected chi connectivity index (χ0v) is 10.7. The first-order chi connectivity index (χ1) is 8.33. The van der Waals surface area contributed by atoms with Gasteiger partial charge in [0.2, 0.25) is 0 Å². The average molecular weight is 233 g/mol. The van der Waals surface area contributed by atoms with Crippen LogP contribution in [0.1, 0.15) is 37.3 Å². The largest absolute Gasteiger partial charge is 0.373 e. The van der Waals surface area contributed by atoms with Gasteiger partial charge >= 0.3 is 0 Å². The predicted octanol–water partition coefficient (Wildman–Crippen LogP) is 2.89. The zero-order valence-electron chi connectivity index (χ0n) is 10.7. The van der Waals surface area contributed by atoms with Crippen molar-refractivity contribution >= 4 is 0 Å². The van der Waals surface area contributed by atoms with E-state index in [-0.39, 0.29) is 0 Å². The van der Waals surface area contributed by atoms with E-state index in [2.05, 4.69) is 31.2 Å². The van der Waals surface area contributed by atoms with Crippen molar-refractivity contribution in [2.75, 3.05) is 6.54 Å². The molecular formula is C15H23NO. The molecule has 2 rings (SSSR count). The fourth-order valence-electron chi connectivity index (χ4n) is 2.57. The number of rotatable bonds is 5. The Morgan fingerprint density at radius 1 is 1.18 bits per heavy atom. The first kappa shape index (κ1) is 12.6. The van der Waals surface area contributed by atoms with Crippen LogP contribution in [-0.4, -0.2) is 12.6 Å². The highest BCUT2D eigenvalue weighted by molar-refractivity contribution is 5.21. The van der Waals surface area contributed by atoms with Crippen LogP contribution in [-0.2, 0) is 17.8 Å². The summed E-state index contributed by atoms with van der Waals surface area (Å²) in [6.07, 6.45) is 5.15. The molecule has 0 aliphatic heterocycles. The molecule has 2 N–H and O–H groups in total. The number of nitrogens with two attached hydrogens (primary N) is 1. The normalized spacial score (nSPS) is 24.1. The third kappa shape index (κ3) is 3.30. The molecule has 2 nitrogen and oxygen atoms in total. The molecule has 1 aliphatic rings. The molecule has 0 aromatic heterocycles. The highest BCUT2D eigenvalue weighted by atomic mass is 16.5. The van der Waals surface area contributed by atoms with Crippen LogP contribution in [0, 0.1) is 5.92 Å². The lowest BCUT2D eigenvalue weighted by Crippen LogP contribution is -2.25. The number of aryl methyl sites for hydroxylation is 1. The van der Waals surface area contributed by atoms with Crippen LogP contribution in [0.25, 0.3) is 0 Å². The summed E-state index contributed by atoms with van der Waals surface area (Å²) >= 11 is 0. The lowest BCUT2D eigenvalue weighted by atomic mass is 10.1. The van der Waals surface area contributed by atoms with Crippen molar-refractivity contribution in [3.63, 3.8) is 0 Å². The quantitative estimate of drug-likeness (QED) is 0.848. The van der Waals surface area contributed by atoms with Gasteiger partial charge in [-0.1, -0.05) is 37.6 Å². The minimum Gasteiger partial charge on any atom is -0.373 e. The lowest BCUT2D eigenvalue weighted by molar-refractivity contribution is 0.0182. The fraction of sp³-hybridized carbons (Fsp3) is 0.600. The Balaban J connectivity index is 1.84. The topological polar surface area (TPSA) is 35.2 Å². The summed E-state index contributed by atoms with van der Waals surface area (Å²) in [5, 5.41) is 0. The van der Waals surface area contributed by atoms with Crippen molar-refractivity contribution in [2.24, 2.45) is 11.7 Å². The van der Waals surface area contributed by atoms with E-state index in [1.54, 1.807) is 0 Å². The standard InChI is InChI=1S/C15H23NO/c1-2-12-6-8-13(9-7-12)11-17-15-5-3-4-14(15)10-16/h6-9,14-15H,2-5,10-11,16H2,1H3. The molecule has 2 atom stereocenters. The Kier molecular flexibility index (Phi) is 4.57. The second-order valence-electron chi connectivity index (χ2n) is 4.95. The summed E-state index contributed by atoms with van der Waals surface area (Å²) in [4.78, 5) is 0. The summed E-state index contributed by atoms with van der Waals surface area (Å²) in [6.45, 7) is 3.67. The second-order valence-corrected chi connectivity index (χ2v) is 4.95. The summed E-state index contributed by atoms with van der Waals surface area (Å²) in [6, 6.07) is 8.72. The number of hydrogen-bond donors (Lipinski definition) is 1. The Morgan fingerprint density at radius 3 is 2.53 bits per heavy atom. The van der Waals surface area contributed by atoms with Gasteiger partial charge in [-0.3, -0.25) is 0 Å². The van der Waals surface area contributed by atoms with E-state index in [1.807, 2.05) is 0 Å². The molecule has 0 amide bonds. The van der Waals surface area contributed by atoms with Crippen molar-refractivity contribution in [1.29, 1.82) is 0 Å². The van der Waals surface area contributed by atoms with Crippen LogP contribution < -0.4 is 5.73 Å². The monoisotopic (exact) mass is 233 g/mol. The summed E-state index contributed by atoms with van der Waals surface area (Å²) in [7, 11) is 0. The van der Waals surface area contributed by atoms with Gasteiger partial charge in [0.05, 0.1) is 12.7 Å². The zero-order chi connectivity index (χ0) is 12.1. The van der Waals surface area contributed by atoms with E-state index in [0.717, 1.165) is 19.6 Å². The van der Waals surface area contributed by atoms with Crippen LogP contribution in [0.4, 0.5) is 0 Å². The van der Waals surface area contributed by atoms with Gasteiger partial charge in [0.25, 0.3) is 0 Å². The van der Waals surface area contributed by atoms with E-state index in [4.69, 9.17) is 10.5 Å². The third-order valence-electron chi connectivity index (χ3n) is 3.79. The molecule has 0 radical (unpaired) electrons. The second kappa shape index (κ2) is 6.18. The molecule has 1 saturated carbocycles. The van der Waals surface area contributed by atoms with E-state index in [9.17, 15) is 0 Å². The van der Waals surface area contributed by atoms with Crippen molar-refractivity contribution in [1.82, 2.24) is 0 Å². The van der Waals surface area contributed by atoms with Crippen LogP contribution in [0.15, 0.2) is 24.3 Å². The minimum atomic E-state index is 0.380. The molecule has 17 heavy (non-hydrogen) atoms. The van der Waals surface area contributed by atoms with Gasteiger partial charge in [0.15, 0.2) is 0 Å². The SMILES string of the molecule is CCc1ccc(COC2CCCC2CN)cc1. The first-order valence-corrected chi connectivity index (χ1v) is 6.73. The maximum atomic E-state index is 5.99. The van der Waals surface area contributed by atoms with Gasteiger partial charge in [-0.05, 0) is 42.9 Å². The first-order valence-electron chi connectivity index (χ1n) is 6.73. The lowest BCUT2D eigenvalue weighted by Gasteiger charge is -2.18. The fourth-order valence-corrected chi connectivity index (χ4v) is 2.57. The number of hydrogen-bond acceptors (Lipinski definition) is 2. The maximum Gasteiger partial charge on any atom is 0.0720 e. The molecule has 2 unspecified atom stereocenters. The molecule has 0 spiro atoms. The molecule has 2 heteroatoms. The van der Waals surface area contributed by atoms with Crippen LogP contribution in [0.5, 0.6) is 0 Å². The van der Waals surface area contributed by atoms with Crippen LogP contribution >= 0.6 is 0 Å². The Bertz CT molecular complexity index is 333. The Hall–Kier alpha value is -0.860. The highest BCUT2D eigenvalue weighted by Gasteiger charge is 2.26. The Labute approximate surface area is 104 Å². The molecule has 1 aromatic rings. The van der Waals surface area contributed by atoms with Gasteiger partial charge in [-0.25, -0.2) is 0 Å². The molecule has 1 fully saturated rings. The van der Waals surface area contributed by atoms with E-state index >= 15 is 0 Å². The van der Waals surface area contributed by atoms with Gasteiger partial charge in [-0.15, -0.1) is 0 Å². The van der Waals surface area contributed by atoms with Gasteiger partial charge in [0.1, 0.15) is 0 Å². The smallest absolute Gasteiger partial charge is 0.0720 e. The molecule has 94 valence electrons. The summed E-state index contributed by atoms with van der Waals surface area (Å²) < 4.78 is 5.99. The van der Waals surface area contributed by atoms with E-state index in [1.165, 1.54) is 30.4 Å². The molecule has 1 aromatic carbocycles. The Morgan fingerprint density at radius 2 is 1.88 bits per heavy atom. The van der Waals surface area contributed by atoms with Crippen LogP contribution in [0.3, 0.4) is 0 Å². The molecular weight excluding hydrogens is 210 g/mol. The van der Waals surface area contributed by atoms with Crippen molar-refractivity contribution in [2.45, 2.75) is 45.3 Å². The number of ether oxygens (including phenoxy) is 1. The van der Waals surface area contributed by atoms with E-state index in [0.29, 0.717) is 12.0 Å². The molecule has 0 saturated heterocycles.